The van der Waals surface area contributed by atoms with Gasteiger partial charge in [0.15, 0.2) is 11.6 Å². The predicted octanol–water partition coefficient (Wildman–Crippen LogP) is 4.73. The van der Waals surface area contributed by atoms with Crippen LogP contribution in [0.3, 0.4) is 0 Å². The summed E-state index contributed by atoms with van der Waals surface area (Å²) in [4.78, 5) is 17.7. The van der Waals surface area contributed by atoms with Gasteiger partial charge in [-0.2, -0.15) is 0 Å². The molecule has 1 aliphatic rings. The quantitative estimate of drug-likeness (QED) is 0.337. The van der Waals surface area contributed by atoms with E-state index in [9.17, 15) is 13.6 Å². The van der Waals surface area contributed by atoms with Gasteiger partial charge in [0.05, 0.1) is 32.1 Å². The van der Waals surface area contributed by atoms with Crippen molar-refractivity contribution in [1.29, 1.82) is 0 Å². The predicted molar refractivity (Wildman–Crippen MR) is 125 cm³/mol. The average Bonchev–Trinajstić information content (AvgIpc) is 2.86. The average molecular weight is 487 g/mol. The third kappa shape index (κ3) is 5.21. The van der Waals surface area contributed by atoms with Gasteiger partial charge in [0.1, 0.15) is 19.0 Å². The molecule has 1 aliphatic heterocycles. The molecule has 0 fully saturated rings. The van der Waals surface area contributed by atoms with Gasteiger partial charge in [-0.15, -0.1) is 0 Å². The number of carbonyl (C=O) groups excluding carboxylic acids is 1. The van der Waals surface area contributed by atoms with Crippen LogP contribution < -0.4 is 9.47 Å². The molecular formula is C26H28F2N2O5. The van der Waals surface area contributed by atoms with Gasteiger partial charge in [-0.25, -0.2) is 13.8 Å². The van der Waals surface area contributed by atoms with Gasteiger partial charge in [0.2, 0.25) is 5.88 Å². The zero-order valence-electron chi connectivity index (χ0n) is 20.1. The lowest BCUT2D eigenvalue weighted by molar-refractivity contribution is -0.141. The fourth-order valence-corrected chi connectivity index (χ4v) is 4.32. The number of hydrogen-bond donors (Lipinski definition) is 0. The number of rotatable bonds is 8. The minimum Gasteiger partial charge on any atom is -0.497 e. The molecule has 2 atom stereocenters. The van der Waals surface area contributed by atoms with Crippen LogP contribution in [-0.4, -0.2) is 49.8 Å². The highest BCUT2D eigenvalue weighted by atomic mass is 19.2. The Morgan fingerprint density at radius 3 is 2.51 bits per heavy atom. The topological polar surface area (TPSA) is 70.1 Å². The molecule has 0 saturated carbocycles. The molecule has 9 heteroatoms. The van der Waals surface area contributed by atoms with Gasteiger partial charge in [0, 0.05) is 23.9 Å². The monoisotopic (exact) mass is 486 g/mol. The summed E-state index contributed by atoms with van der Waals surface area (Å²) in [5.74, 6) is -1.47. The van der Waals surface area contributed by atoms with Crippen LogP contribution in [0.25, 0.3) is 10.8 Å². The van der Waals surface area contributed by atoms with Crippen molar-refractivity contribution in [3.05, 3.63) is 64.9 Å². The van der Waals surface area contributed by atoms with E-state index in [1.165, 1.54) is 13.0 Å². The summed E-state index contributed by atoms with van der Waals surface area (Å²) < 4.78 is 50.4. The van der Waals surface area contributed by atoms with Gasteiger partial charge in [-0.3, -0.25) is 9.69 Å². The highest BCUT2D eigenvalue weighted by Crippen LogP contribution is 2.40. The van der Waals surface area contributed by atoms with Crippen molar-refractivity contribution in [1.82, 2.24) is 9.88 Å². The van der Waals surface area contributed by atoms with Crippen LogP contribution in [-0.2, 0) is 20.9 Å². The Kier molecular flexibility index (Phi) is 7.47. The van der Waals surface area contributed by atoms with Crippen molar-refractivity contribution in [3.8, 4) is 11.6 Å². The second kappa shape index (κ2) is 10.5. The van der Waals surface area contributed by atoms with Crippen molar-refractivity contribution in [2.75, 3.05) is 34.0 Å². The van der Waals surface area contributed by atoms with Gasteiger partial charge in [0.25, 0.3) is 0 Å². The van der Waals surface area contributed by atoms with Crippen LogP contribution in [0.4, 0.5) is 8.78 Å². The van der Waals surface area contributed by atoms with Crippen molar-refractivity contribution in [2.24, 2.45) is 0 Å². The number of halogens is 2. The lowest BCUT2D eigenvalue weighted by Gasteiger charge is -2.37. The zero-order valence-corrected chi connectivity index (χ0v) is 20.1. The van der Waals surface area contributed by atoms with Crippen molar-refractivity contribution >= 4 is 16.7 Å². The summed E-state index contributed by atoms with van der Waals surface area (Å²) in [7, 11) is 3.59. The maximum Gasteiger partial charge on any atom is 0.302 e. The molecule has 0 amide bonds. The van der Waals surface area contributed by atoms with Crippen LogP contribution in [0.5, 0.6) is 11.6 Å². The highest BCUT2D eigenvalue weighted by molar-refractivity contribution is 5.91. The number of aromatic nitrogens is 1. The van der Waals surface area contributed by atoms with E-state index in [4.69, 9.17) is 18.9 Å². The van der Waals surface area contributed by atoms with E-state index in [1.807, 2.05) is 31.3 Å². The summed E-state index contributed by atoms with van der Waals surface area (Å²) in [5.41, 5.74) is 2.44. The normalized spacial score (nSPS) is 16.1. The Bertz CT molecular complexity index is 1220. The van der Waals surface area contributed by atoms with Crippen molar-refractivity contribution in [3.63, 3.8) is 0 Å². The van der Waals surface area contributed by atoms with Gasteiger partial charge in [-0.05, 0) is 49.2 Å². The molecule has 35 heavy (non-hydrogen) atoms. The number of esters is 1. The molecular weight excluding hydrogens is 458 g/mol. The van der Waals surface area contributed by atoms with E-state index in [0.717, 1.165) is 22.9 Å². The van der Waals surface area contributed by atoms with Gasteiger partial charge >= 0.3 is 5.97 Å². The van der Waals surface area contributed by atoms with Crippen LogP contribution in [0.15, 0.2) is 36.4 Å². The molecule has 0 aliphatic carbocycles. The second-order valence-corrected chi connectivity index (χ2v) is 8.42. The van der Waals surface area contributed by atoms with E-state index >= 15 is 0 Å². The maximum atomic E-state index is 14.4. The lowest BCUT2D eigenvalue weighted by atomic mass is 9.93. The third-order valence-corrected chi connectivity index (χ3v) is 6.30. The Morgan fingerprint density at radius 2 is 1.86 bits per heavy atom. The Labute approximate surface area is 202 Å². The Morgan fingerprint density at radius 1 is 1.17 bits per heavy atom. The first-order valence-electron chi connectivity index (χ1n) is 11.3. The molecule has 4 rings (SSSR count). The minimum atomic E-state index is -0.993. The molecule has 0 spiro atoms. The molecule has 1 unspecified atom stereocenters. The number of likely N-dealkylation sites (N-methyl/N-ethyl adjacent to an activating group) is 1. The van der Waals surface area contributed by atoms with E-state index in [-0.39, 0.29) is 37.8 Å². The van der Waals surface area contributed by atoms with Crippen molar-refractivity contribution < 1.29 is 32.5 Å². The SMILES string of the molecule is COc1ccc(C(C)N(C)[C@@H]2COCc3nc(OCCOC(C)=O)c4cc(F)c(F)cc4c32)cc1. The molecule has 1 aromatic heterocycles. The first-order chi connectivity index (χ1) is 16.8. The summed E-state index contributed by atoms with van der Waals surface area (Å²) >= 11 is 0. The number of methoxy groups -OCH3 is 1. The minimum absolute atomic E-state index is 0.0135. The second-order valence-electron chi connectivity index (χ2n) is 8.42. The van der Waals surface area contributed by atoms with E-state index in [2.05, 4.69) is 16.8 Å². The van der Waals surface area contributed by atoms with E-state index < -0.39 is 17.6 Å². The van der Waals surface area contributed by atoms with E-state index in [1.54, 1.807) is 7.11 Å². The summed E-state index contributed by atoms with van der Waals surface area (Å²) in [5, 5.41) is 0.862. The van der Waals surface area contributed by atoms with Gasteiger partial charge in [-0.1, -0.05) is 12.1 Å². The molecule has 0 N–H and O–H groups in total. The van der Waals surface area contributed by atoms with Crippen LogP contribution in [0, 0.1) is 11.6 Å². The number of fused-ring (bicyclic) bond motifs is 3. The Hall–Kier alpha value is -3.30. The van der Waals surface area contributed by atoms with Crippen LogP contribution in [0.2, 0.25) is 0 Å². The maximum absolute atomic E-state index is 14.4. The first kappa shape index (κ1) is 24.8. The molecule has 186 valence electrons. The van der Waals surface area contributed by atoms with Crippen LogP contribution >= 0.6 is 0 Å². The fourth-order valence-electron chi connectivity index (χ4n) is 4.32. The summed E-state index contributed by atoms with van der Waals surface area (Å²) in [6, 6.07) is 9.81. The third-order valence-electron chi connectivity index (χ3n) is 6.30. The number of ether oxygens (including phenoxy) is 4. The number of pyridine rings is 1. The number of carbonyl (C=O) groups is 1. The molecule has 0 radical (unpaired) electrons. The molecule has 2 aromatic carbocycles. The largest absolute Gasteiger partial charge is 0.497 e. The summed E-state index contributed by atoms with van der Waals surface area (Å²) in [6.07, 6.45) is 0. The number of nitrogens with zero attached hydrogens (tertiary/aromatic N) is 2. The van der Waals surface area contributed by atoms with Crippen LogP contribution in [0.1, 0.15) is 42.8 Å². The molecule has 7 nitrogen and oxygen atoms in total. The standard InChI is InChI=1S/C26H28F2N2O5/c1-15(17-5-7-18(32-4)8-6-17)30(3)24-14-33-13-23-25(24)19-11-21(27)22(28)12-20(19)26(29-23)35-10-9-34-16(2)31/h5-8,11-12,15,24H,9-10,13-14H2,1-4H3/t15?,24-/m1/s1. The molecule has 0 saturated heterocycles. The smallest absolute Gasteiger partial charge is 0.302 e. The number of benzene rings is 2. The molecule has 2 heterocycles. The molecule has 3 aromatic rings. The first-order valence-corrected chi connectivity index (χ1v) is 11.3. The highest BCUT2D eigenvalue weighted by Gasteiger charge is 2.32. The van der Waals surface area contributed by atoms with E-state index in [0.29, 0.717) is 23.1 Å². The Balaban J connectivity index is 1.72. The number of hydrogen-bond acceptors (Lipinski definition) is 7. The molecule has 0 bridgehead atoms. The lowest BCUT2D eigenvalue weighted by Crippen LogP contribution is -2.34. The summed E-state index contributed by atoms with van der Waals surface area (Å²) in [6.45, 7) is 3.99. The zero-order chi connectivity index (χ0) is 25.1. The fraction of sp³-hybridized carbons (Fsp3) is 0.385. The van der Waals surface area contributed by atoms with Gasteiger partial charge < -0.3 is 18.9 Å². The van der Waals surface area contributed by atoms with Crippen molar-refractivity contribution in [2.45, 2.75) is 32.5 Å².